The van der Waals surface area contributed by atoms with Gasteiger partial charge in [0.2, 0.25) is 5.91 Å². The van der Waals surface area contributed by atoms with E-state index in [0.717, 1.165) is 42.6 Å². The van der Waals surface area contributed by atoms with Crippen molar-refractivity contribution < 1.29 is 9.53 Å². The quantitative estimate of drug-likeness (QED) is 0.838. The second-order valence-corrected chi connectivity index (χ2v) is 5.95. The van der Waals surface area contributed by atoms with Crippen LogP contribution in [0.1, 0.15) is 25.7 Å². The van der Waals surface area contributed by atoms with Crippen molar-refractivity contribution in [3.05, 3.63) is 28.7 Å². The molecule has 1 aliphatic rings. The van der Waals surface area contributed by atoms with Crippen molar-refractivity contribution in [2.45, 2.75) is 31.7 Å². The summed E-state index contributed by atoms with van der Waals surface area (Å²) in [4.78, 5) is 13.9. The van der Waals surface area contributed by atoms with Gasteiger partial charge in [-0.3, -0.25) is 4.79 Å². The van der Waals surface area contributed by atoms with E-state index in [1.54, 1.807) is 0 Å². The molecule has 2 rings (SSSR count). The van der Waals surface area contributed by atoms with Crippen LogP contribution in [0.3, 0.4) is 0 Å². The van der Waals surface area contributed by atoms with Crippen LogP contribution in [0.2, 0.25) is 0 Å². The van der Waals surface area contributed by atoms with E-state index in [0.29, 0.717) is 13.0 Å². The first kappa shape index (κ1) is 15.3. The molecule has 1 heterocycles. The molecule has 4 nitrogen and oxygen atoms in total. The molecule has 0 spiro atoms. The molecule has 1 aromatic rings. The number of benzene rings is 1. The predicted octanol–water partition coefficient (Wildman–Crippen LogP) is 2.56. The van der Waals surface area contributed by atoms with E-state index in [9.17, 15) is 4.79 Å². The molecule has 20 heavy (non-hydrogen) atoms. The average molecular weight is 341 g/mol. The zero-order valence-electron chi connectivity index (χ0n) is 11.6. The zero-order valence-corrected chi connectivity index (χ0v) is 13.1. The summed E-state index contributed by atoms with van der Waals surface area (Å²) in [5.74, 6) is 1.04. The van der Waals surface area contributed by atoms with Gasteiger partial charge >= 0.3 is 0 Å². The molecule has 0 bridgehead atoms. The van der Waals surface area contributed by atoms with Crippen LogP contribution in [0.25, 0.3) is 0 Å². The van der Waals surface area contributed by atoms with Gasteiger partial charge in [0.15, 0.2) is 0 Å². The lowest BCUT2D eigenvalue weighted by Gasteiger charge is -2.30. The molecule has 0 aliphatic carbocycles. The lowest BCUT2D eigenvalue weighted by atomic mass is 10.1. The van der Waals surface area contributed by atoms with Crippen LogP contribution in [0.5, 0.6) is 5.75 Å². The lowest BCUT2D eigenvalue weighted by molar-refractivity contribution is -0.132. The fourth-order valence-corrected chi connectivity index (χ4v) is 2.67. The van der Waals surface area contributed by atoms with Gasteiger partial charge in [-0.2, -0.15) is 0 Å². The summed E-state index contributed by atoms with van der Waals surface area (Å²) in [6.45, 7) is 2.15. The SMILES string of the molecule is NC1CCN(C(=O)CCCOc2ccccc2Br)CC1. The third kappa shape index (κ3) is 4.49. The molecular weight excluding hydrogens is 320 g/mol. The second-order valence-electron chi connectivity index (χ2n) is 5.10. The van der Waals surface area contributed by atoms with Crippen LogP contribution in [0.4, 0.5) is 0 Å². The number of halogens is 1. The fourth-order valence-electron chi connectivity index (χ4n) is 2.27. The van der Waals surface area contributed by atoms with E-state index in [2.05, 4.69) is 15.9 Å². The maximum absolute atomic E-state index is 12.0. The molecule has 5 heteroatoms. The number of hydrogen-bond acceptors (Lipinski definition) is 3. The number of piperidine rings is 1. The topological polar surface area (TPSA) is 55.6 Å². The molecule has 0 aromatic heterocycles. The smallest absolute Gasteiger partial charge is 0.222 e. The highest BCUT2D eigenvalue weighted by Gasteiger charge is 2.19. The molecule has 0 unspecified atom stereocenters. The number of rotatable bonds is 5. The van der Waals surface area contributed by atoms with Crippen molar-refractivity contribution in [1.82, 2.24) is 4.90 Å². The Labute approximate surface area is 128 Å². The highest BCUT2D eigenvalue weighted by atomic mass is 79.9. The molecule has 1 aromatic carbocycles. The molecule has 0 atom stereocenters. The summed E-state index contributed by atoms with van der Waals surface area (Å²) in [6, 6.07) is 8.00. The second kappa shape index (κ2) is 7.64. The molecule has 110 valence electrons. The normalized spacial score (nSPS) is 16.2. The van der Waals surface area contributed by atoms with Gasteiger partial charge in [0, 0.05) is 25.6 Å². The molecule has 1 amide bonds. The van der Waals surface area contributed by atoms with Crippen LogP contribution in [-0.4, -0.2) is 36.5 Å². The third-order valence-corrected chi connectivity index (χ3v) is 4.18. The fraction of sp³-hybridized carbons (Fsp3) is 0.533. The number of ether oxygens (including phenoxy) is 1. The van der Waals surface area contributed by atoms with Gasteiger partial charge in [0.05, 0.1) is 11.1 Å². The van der Waals surface area contributed by atoms with Crippen molar-refractivity contribution in [2.24, 2.45) is 5.73 Å². The maximum Gasteiger partial charge on any atom is 0.222 e. The summed E-state index contributed by atoms with van der Waals surface area (Å²) in [5, 5.41) is 0. The molecule has 2 N–H and O–H groups in total. The Balaban J connectivity index is 1.66. The van der Waals surface area contributed by atoms with Gasteiger partial charge in [-0.1, -0.05) is 12.1 Å². The number of carbonyl (C=O) groups is 1. The number of para-hydroxylation sites is 1. The number of nitrogens with two attached hydrogens (primary N) is 1. The molecular formula is C15H21BrN2O2. The number of likely N-dealkylation sites (tertiary alicyclic amines) is 1. The largest absolute Gasteiger partial charge is 0.492 e. The Kier molecular flexibility index (Phi) is 5.86. The van der Waals surface area contributed by atoms with Gasteiger partial charge in [0.1, 0.15) is 5.75 Å². The summed E-state index contributed by atoms with van der Waals surface area (Å²) in [7, 11) is 0. The average Bonchev–Trinajstić information content (AvgIpc) is 2.46. The van der Waals surface area contributed by atoms with E-state index < -0.39 is 0 Å². The van der Waals surface area contributed by atoms with Crippen LogP contribution in [-0.2, 0) is 4.79 Å². The Morgan fingerprint density at radius 2 is 2.05 bits per heavy atom. The zero-order chi connectivity index (χ0) is 14.4. The minimum absolute atomic E-state index is 0.215. The van der Waals surface area contributed by atoms with Crippen molar-refractivity contribution in [3.63, 3.8) is 0 Å². The van der Waals surface area contributed by atoms with Crippen LogP contribution in [0.15, 0.2) is 28.7 Å². The number of carbonyl (C=O) groups excluding carboxylic acids is 1. The van der Waals surface area contributed by atoms with E-state index in [-0.39, 0.29) is 11.9 Å². The summed E-state index contributed by atoms with van der Waals surface area (Å²) in [5.41, 5.74) is 5.83. The van der Waals surface area contributed by atoms with Gasteiger partial charge in [0.25, 0.3) is 0 Å². The Hall–Kier alpha value is -1.07. The van der Waals surface area contributed by atoms with E-state index in [1.165, 1.54) is 0 Å². The van der Waals surface area contributed by atoms with Crippen LogP contribution in [0, 0.1) is 0 Å². The summed E-state index contributed by atoms with van der Waals surface area (Å²) < 4.78 is 6.60. The Morgan fingerprint density at radius 1 is 1.35 bits per heavy atom. The van der Waals surface area contributed by atoms with Gasteiger partial charge in [-0.25, -0.2) is 0 Å². The minimum atomic E-state index is 0.215. The number of hydrogen-bond donors (Lipinski definition) is 1. The van der Waals surface area contributed by atoms with E-state index in [4.69, 9.17) is 10.5 Å². The summed E-state index contributed by atoms with van der Waals surface area (Å²) in [6.07, 6.45) is 3.11. The van der Waals surface area contributed by atoms with Crippen molar-refractivity contribution in [1.29, 1.82) is 0 Å². The molecule has 1 saturated heterocycles. The Bertz CT molecular complexity index is 445. The lowest BCUT2D eigenvalue weighted by Crippen LogP contribution is -2.42. The van der Waals surface area contributed by atoms with E-state index >= 15 is 0 Å². The monoisotopic (exact) mass is 340 g/mol. The van der Waals surface area contributed by atoms with Crippen LogP contribution < -0.4 is 10.5 Å². The molecule has 0 radical (unpaired) electrons. The minimum Gasteiger partial charge on any atom is -0.492 e. The predicted molar refractivity (Wildman–Crippen MR) is 82.7 cm³/mol. The highest BCUT2D eigenvalue weighted by Crippen LogP contribution is 2.23. The standard InChI is InChI=1S/C15H21BrN2O2/c16-13-4-1-2-5-14(13)20-11-3-6-15(19)18-9-7-12(17)8-10-18/h1-2,4-5,12H,3,6-11,17H2. The van der Waals surface area contributed by atoms with Crippen LogP contribution >= 0.6 is 15.9 Å². The first-order valence-electron chi connectivity index (χ1n) is 7.07. The highest BCUT2D eigenvalue weighted by molar-refractivity contribution is 9.10. The van der Waals surface area contributed by atoms with Gasteiger partial charge in [-0.05, 0) is 47.3 Å². The van der Waals surface area contributed by atoms with Crippen molar-refractivity contribution >= 4 is 21.8 Å². The Morgan fingerprint density at radius 3 is 2.75 bits per heavy atom. The summed E-state index contributed by atoms with van der Waals surface area (Å²) >= 11 is 3.43. The molecule has 1 fully saturated rings. The molecule has 0 saturated carbocycles. The van der Waals surface area contributed by atoms with Crippen molar-refractivity contribution in [3.8, 4) is 5.75 Å². The van der Waals surface area contributed by atoms with Gasteiger partial charge < -0.3 is 15.4 Å². The first-order valence-corrected chi connectivity index (χ1v) is 7.87. The maximum atomic E-state index is 12.0. The van der Waals surface area contributed by atoms with Crippen molar-refractivity contribution in [2.75, 3.05) is 19.7 Å². The third-order valence-electron chi connectivity index (χ3n) is 3.52. The van der Waals surface area contributed by atoms with Gasteiger partial charge in [-0.15, -0.1) is 0 Å². The number of amides is 1. The first-order chi connectivity index (χ1) is 9.66. The number of nitrogens with zero attached hydrogens (tertiary/aromatic N) is 1. The van der Waals surface area contributed by atoms with E-state index in [1.807, 2.05) is 29.2 Å². The molecule has 1 aliphatic heterocycles.